The zero-order valence-electron chi connectivity index (χ0n) is 13.7. The first-order chi connectivity index (χ1) is 11.0. The largest absolute Gasteiger partial charge is 0.334 e. The molecule has 3 amide bonds. The third-order valence-electron chi connectivity index (χ3n) is 4.33. The Kier molecular flexibility index (Phi) is 6.12. The Balaban J connectivity index is 1.64. The molecule has 1 aliphatic heterocycles. The lowest BCUT2D eigenvalue weighted by Gasteiger charge is -2.22. The number of rotatable bonds is 6. The lowest BCUT2D eigenvalue weighted by Crippen LogP contribution is -2.40. The SMILES string of the molecule is CC1(CN)CCN(CCC(=O)NC(=O)NCc2ccccc2)C1. The van der Waals surface area contributed by atoms with Crippen molar-refractivity contribution in [1.82, 2.24) is 15.5 Å². The van der Waals surface area contributed by atoms with E-state index in [0.717, 1.165) is 25.1 Å². The van der Waals surface area contributed by atoms with Crippen molar-refractivity contribution < 1.29 is 9.59 Å². The second-order valence-corrected chi connectivity index (χ2v) is 6.51. The van der Waals surface area contributed by atoms with Gasteiger partial charge in [0.05, 0.1) is 0 Å². The van der Waals surface area contributed by atoms with Crippen molar-refractivity contribution in [3.05, 3.63) is 35.9 Å². The van der Waals surface area contributed by atoms with Crippen LogP contribution in [0, 0.1) is 5.41 Å². The van der Waals surface area contributed by atoms with Gasteiger partial charge in [-0.15, -0.1) is 0 Å². The molecule has 0 saturated carbocycles. The summed E-state index contributed by atoms with van der Waals surface area (Å²) >= 11 is 0. The summed E-state index contributed by atoms with van der Waals surface area (Å²) in [6.07, 6.45) is 1.38. The number of amides is 3. The van der Waals surface area contributed by atoms with Gasteiger partial charge in [0.2, 0.25) is 5.91 Å². The maximum absolute atomic E-state index is 11.8. The number of urea groups is 1. The number of carbonyl (C=O) groups is 2. The highest BCUT2D eigenvalue weighted by atomic mass is 16.2. The summed E-state index contributed by atoms with van der Waals surface area (Å²) in [6.45, 7) is 5.77. The van der Waals surface area contributed by atoms with E-state index in [1.54, 1.807) is 0 Å². The van der Waals surface area contributed by atoms with Gasteiger partial charge < -0.3 is 16.0 Å². The van der Waals surface area contributed by atoms with Crippen LogP contribution >= 0.6 is 0 Å². The smallest absolute Gasteiger partial charge is 0.321 e. The standard InChI is InChI=1S/C17H26N4O2/c1-17(12-18)8-10-21(13-17)9-7-15(22)20-16(23)19-11-14-5-3-2-4-6-14/h2-6H,7-13,18H2,1H3,(H2,19,20,22,23). The molecule has 1 fully saturated rings. The Labute approximate surface area is 137 Å². The minimum Gasteiger partial charge on any atom is -0.334 e. The summed E-state index contributed by atoms with van der Waals surface area (Å²) < 4.78 is 0. The van der Waals surface area contributed by atoms with E-state index >= 15 is 0 Å². The molecule has 1 heterocycles. The molecule has 1 unspecified atom stereocenters. The van der Waals surface area contributed by atoms with Crippen LogP contribution in [0.25, 0.3) is 0 Å². The lowest BCUT2D eigenvalue weighted by atomic mass is 9.90. The molecular formula is C17H26N4O2. The number of nitrogens with one attached hydrogen (secondary N) is 2. The van der Waals surface area contributed by atoms with E-state index in [-0.39, 0.29) is 11.3 Å². The average Bonchev–Trinajstić information content (AvgIpc) is 2.94. The Morgan fingerprint density at radius 2 is 2.04 bits per heavy atom. The van der Waals surface area contributed by atoms with Gasteiger partial charge in [-0.2, -0.15) is 0 Å². The van der Waals surface area contributed by atoms with E-state index < -0.39 is 6.03 Å². The van der Waals surface area contributed by atoms with Gasteiger partial charge in [-0.3, -0.25) is 10.1 Å². The van der Waals surface area contributed by atoms with Crippen molar-refractivity contribution in [3.8, 4) is 0 Å². The molecule has 2 rings (SSSR count). The van der Waals surface area contributed by atoms with Crippen LogP contribution in [-0.2, 0) is 11.3 Å². The van der Waals surface area contributed by atoms with Gasteiger partial charge in [-0.05, 0) is 30.5 Å². The number of likely N-dealkylation sites (tertiary alicyclic amines) is 1. The summed E-state index contributed by atoms with van der Waals surface area (Å²) in [5, 5.41) is 5.05. The van der Waals surface area contributed by atoms with Crippen molar-refractivity contribution in [3.63, 3.8) is 0 Å². The fourth-order valence-corrected chi connectivity index (χ4v) is 2.75. The monoisotopic (exact) mass is 318 g/mol. The Hall–Kier alpha value is -1.92. The lowest BCUT2D eigenvalue weighted by molar-refractivity contribution is -0.120. The molecule has 1 aliphatic rings. The normalized spacial score (nSPS) is 21.1. The van der Waals surface area contributed by atoms with Crippen LogP contribution in [0.3, 0.4) is 0 Å². The molecule has 1 aromatic carbocycles. The molecule has 126 valence electrons. The summed E-state index contributed by atoms with van der Waals surface area (Å²) in [6, 6.07) is 9.12. The predicted molar refractivity (Wildman–Crippen MR) is 89.7 cm³/mol. The highest BCUT2D eigenvalue weighted by Gasteiger charge is 2.32. The maximum Gasteiger partial charge on any atom is 0.321 e. The fraction of sp³-hybridized carbons (Fsp3) is 0.529. The molecular weight excluding hydrogens is 292 g/mol. The van der Waals surface area contributed by atoms with E-state index in [4.69, 9.17) is 5.73 Å². The second kappa shape index (κ2) is 8.08. The van der Waals surface area contributed by atoms with E-state index in [9.17, 15) is 9.59 Å². The third-order valence-corrected chi connectivity index (χ3v) is 4.33. The number of carbonyl (C=O) groups excluding carboxylic acids is 2. The van der Waals surface area contributed by atoms with E-state index in [1.165, 1.54) is 0 Å². The van der Waals surface area contributed by atoms with Gasteiger partial charge >= 0.3 is 6.03 Å². The van der Waals surface area contributed by atoms with Crippen LogP contribution in [0.15, 0.2) is 30.3 Å². The topological polar surface area (TPSA) is 87.5 Å². The minimum absolute atomic E-state index is 0.156. The molecule has 0 aliphatic carbocycles. The van der Waals surface area contributed by atoms with Gasteiger partial charge in [0, 0.05) is 26.1 Å². The molecule has 4 N–H and O–H groups in total. The van der Waals surface area contributed by atoms with Gasteiger partial charge in [0.25, 0.3) is 0 Å². The number of nitrogens with two attached hydrogens (primary N) is 1. The Bertz CT molecular complexity index is 535. The van der Waals surface area contributed by atoms with Crippen molar-refractivity contribution >= 4 is 11.9 Å². The molecule has 6 heteroatoms. The van der Waals surface area contributed by atoms with Crippen LogP contribution < -0.4 is 16.4 Å². The van der Waals surface area contributed by atoms with Crippen LogP contribution in [0.2, 0.25) is 0 Å². The van der Waals surface area contributed by atoms with Gasteiger partial charge in [0.15, 0.2) is 0 Å². The number of nitrogens with zero attached hydrogens (tertiary/aromatic N) is 1. The average molecular weight is 318 g/mol. The highest BCUT2D eigenvalue weighted by Crippen LogP contribution is 2.28. The van der Waals surface area contributed by atoms with Crippen LogP contribution in [0.1, 0.15) is 25.3 Å². The predicted octanol–water partition coefficient (Wildman–Crippen LogP) is 1.07. The first-order valence-electron chi connectivity index (χ1n) is 8.05. The summed E-state index contributed by atoms with van der Waals surface area (Å²) in [7, 11) is 0. The van der Waals surface area contributed by atoms with Crippen molar-refractivity contribution in [1.29, 1.82) is 0 Å². The molecule has 23 heavy (non-hydrogen) atoms. The van der Waals surface area contributed by atoms with Crippen molar-refractivity contribution in [2.24, 2.45) is 11.1 Å². The number of hydrogen-bond donors (Lipinski definition) is 3. The van der Waals surface area contributed by atoms with E-state index in [2.05, 4.69) is 22.5 Å². The molecule has 1 atom stereocenters. The third kappa shape index (κ3) is 5.65. The molecule has 0 bridgehead atoms. The molecule has 6 nitrogen and oxygen atoms in total. The van der Waals surface area contributed by atoms with Gasteiger partial charge in [-0.1, -0.05) is 37.3 Å². The highest BCUT2D eigenvalue weighted by molar-refractivity contribution is 5.94. The van der Waals surface area contributed by atoms with Crippen LogP contribution in [-0.4, -0.2) is 43.0 Å². The minimum atomic E-state index is -0.452. The zero-order valence-corrected chi connectivity index (χ0v) is 13.7. The molecule has 0 aromatic heterocycles. The summed E-state index contributed by atoms with van der Waals surface area (Å²) in [4.78, 5) is 25.8. The first-order valence-corrected chi connectivity index (χ1v) is 8.05. The summed E-state index contributed by atoms with van der Waals surface area (Å²) in [5.41, 5.74) is 6.92. The van der Waals surface area contributed by atoms with E-state index in [1.807, 2.05) is 30.3 Å². The Morgan fingerprint density at radius 1 is 1.30 bits per heavy atom. The van der Waals surface area contributed by atoms with Crippen LogP contribution in [0.5, 0.6) is 0 Å². The zero-order chi connectivity index (χ0) is 16.7. The summed E-state index contributed by atoms with van der Waals surface area (Å²) in [5.74, 6) is -0.253. The Morgan fingerprint density at radius 3 is 2.70 bits per heavy atom. The first kappa shape index (κ1) is 17.4. The number of hydrogen-bond acceptors (Lipinski definition) is 4. The van der Waals surface area contributed by atoms with Crippen molar-refractivity contribution in [2.75, 3.05) is 26.2 Å². The second-order valence-electron chi connectivity index (χ2n) is 6.51. The van der Waals surface area contributed by atoms with Crippen molar-refractivity contribution in [2.45, 2.75) is 26.3 Å². The molecule has 1 aromatic rings. The number of imide groups is 1. The maximum atomic E-state index is 11.8. The van der Waals surface area contributed by atoms with Crippen LogP contribution in [0.4, 0.5) is 4.79 Å². The molecule has 0 spiro atoms. The number of benzene rings is 1. The fourth-order valence-electron chi connectivity index (χ4n) is 2.75. The van der Waals surface area contributed by atoms with Gasteiger partial charge in [0.1, 0.15) is 0 Å². The molecule has 0 radical (unpaired) electrons. The van der Waals surface area contributed by atoms with Gasteiger partial charge in [-0.25, -0.2) is 4.79 Å². The molecule has 1 saturated heterocycles. The quantitative estimate of drug-likeness (QED) is 0.732. The van der Waals surface area contributed by atoms with E-state index in [0.29, 0.717) is 26.1 Å².